The largest absolute Gasteiger partial charge is 0.389 e. The zero-order valence-electron chi connectivity index (χ0n) is 10.8. The highest BCUT2D eigenvalue weighted by Gasteiger charge is 1.93. The number of rotatable bonds is 12. The first-order valence-electron chi connectivity index (χ1n) is 6.31. The molecule has 1 radical (unpaired) electrons. The Kier molecular flexibility index (Phi) is 12.1. The minimum atomic E-state index is 0.703. The molecule has 1 N–H and O–H groups in total. The SMILES string of the molecule is [CH]=C(CCOCCCCOCCC)NCC. The lowest BCUT2D eigenvalue weighted by Crippen LogP contribution is -2.13. The van der Waals surface area contributed by atoms with Crippen molar-refractivity contribution in [2.45, 2.75) is 39.5 Å². The van der Waals surface area contributed by atoms with Crippen molar-refractivity contribution < 1.29 is 9.47 Å². The average molecular weight is 228 g/mol. The average Bonchev–Trinajstić information content (AvgIpc) is 2.27. The van der Waals surface area contributed by atoms with Crippen LogP contribution in [0.4, 0.5) is 0 Å². The number of nitrogens with one attached hydrogen (secondary N) is 1. The monoisotopic (exact) mass is 228 g/mol. The molecule has 0 heterocycles. The minimum Gasteiger partial charge on any atom is -0.389 e. The van der Waals surface area contributed by atoms with E-state index in [0.29, 0.717) is 6.61 Å². The first kappa shape index (κ1) is 15.5. The van der Waals surface area contributed by atoms with E-state index in [1.165, 1.54) is 0 Å². The van der Waals surface area contributed by atoms with Crippen molar-refractivity contribution in [3.63, 3.8) is 0 Å². The van der Waals surface area contributed by atoms with E-state index in [2.05, 4.69) is 12.2 Å². The molecule has 3 heteroatoms. The number of ether oxygens (including phenoxy) is 2. The van der Waals surface area contributed by atoms with Crippen LogP contribution in [-0.4, -0.2) is 33.0 Å². The van der Waals surface area contributed by atoms with Crippen LogP contribution in [0, 0.1) is 6.58 Å². The lowest BCUT2D eigenvalue weighted by atomic mass is 10.3. The third-order valence-corrected chi connectivity index (χ3v) is 2.10. The lowest BCUT2D eigenvalue weighted by Gasteiger charge is -2.07. The van der Waals surface area contributed by atoms with Crippen molar-refractivity contribution in [2.24, 2.45) is 0 Å². The Morgan fingerprint density at radius 2 is 1.62 bits per heavy atom. The minimum absolute atomic E-state index is 0.703. The van der Waals surface area contributed by atoms with Crippen LogP contribution in [0.25, 0.3) is 0 Å². The maximum Gasteiger partial charge on any atom is 0.0520 e. The van der Waals surface area contributed by atoms with Gasteiger partial charge in [-0.25, -0.2) is 0 Å². The predicted molar refractivity (Wildman–Crippen MR) is 67.3 cm³/mol. The zero-order chi connectivity index (χ0) is 12.1. The molecule has 0 spiro atoms. The Morgan fingerprint density at radius 1 is 1.00 bits per heavy atom. The molecule has 16 heavy (non-hydrogen) atoms. The second-order valence-electron chi connectivity index (χ2n) is 3.74. The molecule has 0 fully saturated rings. The van der Waals surface area contributed by atoms with E-state index in [4.69, 9.17) is 16.1 Å². The fourth-order valence-electron chi connectivity index (χ4n) is 1.25. The van der Waals surface area contributed by atoms with Crippen LogP contribution >= 0.6 is 0 Å². The van der Waals surface area contributed by atoms with Gasteiger partial charge in [-0.15, -0.1) is 0 Å². The normalized spacial score (nSPS) is 10.4. The highest BCUT2D eigenvalue weighted by atomic mass is 16.5. The van der Waals surface area contributed by atoms with Crippen molar-refractivity contribution in [2.75, 3.05) is 33.0 Å². The molecule has 0 unspecified atom stereocenters. The summed E-state index contributed by atoms with van der Waals surface area (Å²) in [6.45, 7) is 13.9. The molecule has 0 atom stereocenters. The van der Waals surface area contributed by atoms with Crippen molar-refractivity contribution in [3.05, 3.63) is 12.3 Å². The second kappa shape index (κ2) is 12.5. The van der Waals surface area contributed by atoms with Crippen LogP contribution in [-0.2, 0) is 9.47 Å². The van der Waals surface area contributed by atoms with E-state index in [1.807, 2.05) is 6.92 Å². The molecule has 0 saturated carbocycles. The summed E-state index contributed by atoms with van der Waals surface area (Å²) < 4.78 is 10.8. The summed E-state index contributed by atoms with van der Waals surface area (Å²) in [5, 5.41) is 3.07. The summed E-state index contributed by atoms with van der Waals surface area (Å²) in [7, 11) is 0. The molecular formula is C13H26NO2. The molecule has 0 aromatic rings. The van der Waals surface area contributed by atoms with Gasteiger partial charge in [0.25, 0.3) is 0 Å². The standard InChI is InChI=1S/C13H26NO2/c1-4-9-15-10-6-7-11-16-12-8-13(3)14-5-2/h3,14H,4-12H2,1-2H3. The van der Waals surface area contributed by atoms with Crippen LogP contribution in [0.5, 0.6) is 0 Å². The summed E-state index contributed by atoms with van der Waals surface area (Å²) in [5.74, 6) is 0. The highest BCUT2D eigenvalue weighted by Crippen LogP contribution is 1.96. The van der Waals surface area contributed by atoms with Gasteiger partial charge in [0, 0.05) is 38.5 Å². The molecule has 0 amide bonds. The van der Waals surface area contributed by atoms with Crippen molar-refractivity contribution in [1.82, 2.24) is 5.32 Å². The molecule has 0 bridgehead atoms. The molecule has 0 rings (SSSR count). The first-order chi connectivity index (χ1) is 7.81. The fourth-order valence-corrected chi connectivity index (χ4v) is 1.25. The first-order valence-corrected chi connectivity index (χ1v) is 6.31. The van der Waals surface area contributed by atoms with Gasteiger partial charge < -0.3 is 14.8 Å². The van der Waals surface area contributed by atoms with Gasteiger partial charge in [0.15, 0.2) is 0 Å². The van der Waals surface area contributed by atoms with Crippen molar-refractivity contribution in [3.8, 4) is 0 Å². The van der Waals surface area contributed by atoms with Crippen LogP contribution in [0.3, 0.4) is 0 Å². The van der Waals surface area contributed by atoms with Crippen LogP contribution in [0.1, 0.15) is 39.5 Å². The Labute approximate surface area is 100 Å². The zero-order valence-corrected chi connectivity index (χ0v) is 10.8. The molecule has 95 valence electrons. The van der Waals surface area contributed by atoms with E-state index in [-0.39, 0.29) is 0 Å². The van der Waals surface area contributed by atoms with Crippen molar-refractivity contribution in [1.29, 1.82) is 0 Å². The van der Waals surface area contributed by atoms with E-state index in [9.17, 15) is 0 Å². The maximum atomic E-state index is 5.69. The van der Waals surface area contributed by atoms with Gasteiger partial charge in [0.1, 0.15) is 0 Å². The molecule has 0 aliphatic heterocycles. The molecule has 0 aromatic carbocycles. The molecule has 0 aromatic heterocycles. The summed E-state index contributed by atoms with van der Waals surface area (Å²) in [5.41, 5.74) is 0.814. The quantitative estimate of drug-likeness (QED) is 0.521. The third-order valence-electron chi connectivity index (χ3n) is 2.10. The Hall–Kier alpha value is -0.540. The van der Waals surface area contributed by atoms with Crippen molar-refractivity contribution >= 4 is 0 Å². The van der Waals surface area contributed by atoms with E-state index < -0.39 is 0 Å². The van der Waals surface area contributed by atoms with Crippen LogP contribution in [0.15, 0.2) is 5.70 Å². The van der Waals surface area contributed by atoms with E-state index in [1.54, 1.807) is 0 Å². The van der Waals surface area contributed by atoms with E-state index >= 15 is 0 Å². The number of unbranched alkanes of at least 4 members (excludes halogenated alkanes) is 1. The molecule has 0 aliphatic rings. The fraction of sp³-hybridized carbons (Fsp3) is 0.846. The molecular weight excluding hydrogens is 202 g/mol. The van der Waals surface area contributed by atoms with Gasteiger partial charge in [0.05, 0.1) is 6.61 Å². The molecule has 0 aliphatic carbocycles. The van der Waals surface area contributed by atoms with Crippen LogP contribution < -0.4 is 5.32 Å². The van der Waals surface area contributed by atoms with Gasteiger partial charge in [-0.05, 0) is 32.8 Å². The summed E-state index contributed by atoms with van der Waals surface area (Å²) in [6, 6.07) is 0. The van der Waals surface area contributed by atoms with Gasteiger partial charge in [-0.2, -0.15) is 0 Å². The molecule has 3 nitrogen and oxygen atoms in total. The van der Waals surface area contributed by atoms with Gasteiger partial charge in [-0.3, -0.25) is 0 Å². The number of hydrogen-bond donors (Lipinski definition) is 1. The smallest absolute Gasteiger partial charge is 0.0520 e. The maximum absolute atomic E-state index is 5.69. The second-order valence-corrected chi connectivity index (χ2v) is 3.74. The highest BCUT2D eigenvalue weighted by molar-refractivity contribution is 4.86. The summed E-state index contributed by atoms with van der Waals surface area (Å²) in [6.07, 6.45) is 4.02. The summed E-state index contributed by atoms with van der Waals surface area (Å²) in [4.78, 5) is 0. The number of hydrogen-bond acceptors (Lipinski definition) is 3. The Morgan fingerprint density at radius 3 is 2.19 bits per heavy atom. The Bertz CT molecular complexity index is 160. The summed E-state index contributed by atoms with van der Waals surface area (Å²) >= 11 is 0. The topological polar surface area (TPSA) is 30.5 Å². The predicted octanol–water partition coefficient (Wildman–Crippen LogP) is 2.53. The van der Waals surface area contributed by atoms with Gasteiger partial charge >= 0.3 is 0 Å². The van der Waals surface area contributed by atoms with Gasteiger partial charge in [0.2, 0.25) is 0 Å². The van der Waals surface area contributed by atoms with Crippen LogP contribution in [0.2, 0.25) is 0 Å². The lowest BCUT2D eigenvalue weighted by molar-refractivity contribution is 0.104. The molecule has 0 saturated heterocycles. The van der Waals surface area contributed by atoms with E-state index in [0.717, 1.165) is 57.7 Å². The third kappa shape index (κ3) is 11.5. The van der Waals surface area contributed by atoms with Gasteiger partial charge in [-0.1, -0.05) is 6.92 Å². The Balaban J connectivity index is 3.01.